The minimum Gasteiger partial charge on any atom is -0.366 e. The number of nitrogens with one attached hydrogen (secondary N) is 1. The van der Waals surface area contributed by atoms with Crippen molar-refractivity contribution in [3.63, 3.8) is 0 Å². The number of rotatable bonds is 5. The molecule has 1 aliphatic heterocycles. The van der Waals surface area contributed by atoms with Gasteiger partial charge in [0.05, 0.1) is 18.6 Å². The number of anilines is 2. The van der Waals surface area contributed by atoms with Crippen molar-refractivity contribution in [1.29, 1.82) is 0 Å². The van der Waals surface area contributed by atoms with E-state index >= 15 is 0 Å². The molecule has 0 radical (unpaired) electrons. The van der Waals surface area contributed by atoms with E-state index in [-0.39, 0.29) is 29.3 Å². The normalized spacial score (nSPS) is 23.3. The number of aromatic nitrogens is 6. The lowest BCUT2D eigenvalue weighted by Crippen LogP contribution is -2.28. The van der Waals surface area contributed by atoms with Gasteiger partial charge in [-0.1, -0.05) is 0 Å². The molecule has 0 aromatic carbocycles. The van der Waals surface area contributed by atoms with Crippen molar-refractivity contribution in [2.75, 3.05) is 23.3 Å². The van der Waals surface area contributed by atoms with Crippen LogP contribution in [0.1, 0.15) is 18.4 Å². The lowest BCUT2D eigenvalue weighted by Gasteiger charge is -2.23. The summed E-state index contributed by atoms with van der Waals surface area (Å²) >= 11 is 0. The molecule has 1 N–H and O–H groups in total. The Hall–Kier alpha value is -3.12. The maximum atomic E-state index is 13.3. The zero-order valence-electron chi connectivity index (χ0n) is 16.7. The molecule has 32 heavy (non-hydrogen) atoms. The number of nitrogens with zero attached hydrogens (tertiary/aromatic N) is 7. The maximum absolute atomic E-state index is 13.3. The molecule has 4 heterocycles. The summed E-state index contributed by atoms with van der Waals surface area (Å²) in [4.78, 5) is 10.3. The van der Waals surface area contributed by atoms with Gasteiger partial charge in [0, 0.05) is 19.1 Å². The zero-order chi connectivity index (χ0) is 22.5. The highest BCUT2D eigenvalue weighted by Crippen LogP contribution is 2.43. The summed E-state index contributed by atoms with van der Waals surface area (Å²) in [6.07, 6.45) is -1.56. The molecule has 13 heteroatoms. The van der Waals surface area contributed by atoms with Gasteiger partial charge >= 0.3 is 6.18 Å². The fourth-order valence-electron chi connectivity index (χ4n) is 4.76. The fraction of sp³-hybridized carbons (Fsp3) is 0.526. The van der Waals surface area contributed by atoms with Crippen molar-refractivity contribution in [1.82, 2.24) is 29.9 Å². The van der Waals surface area contributed by atoms with E-state index in [1.54, 1.807) is 4.90 Å². The Bertz CT molecular complexity index is 1100. The van der Waals surface area contributed by atoms with Gasteiger partial charge in [0.15, 0.2) is 11.5 Å². The van der Waals surface area contributed by atoms with Crippen LogP contribution in [0.15, 0.2) is 24.7 Å². The van der Waals surface area contributed by atoms with Gasteiger partial charge in [-0.05, 0) is 30.7 Å². The summed E-state index contributed by atoms with van der Waals surface area (Å²) in [5, 5.41) is 14.6. The van der Waals surface area contributed by atoms with E-state index in [0.29, 0.717) is 24.4 Å². The topological polar surface area (TPSA) is 84.7 Å². The van der Waals surface area contributed by atoms with Crippen LogP contribution in [0.4, 0.5) is 33.6 Å². The first-order valence-electron chi connectivity index (χ1n) is 10.1. The highest BCUT2D eigenvalue weighted by Gasteiger charge is 2.44. The smallest absolute Gasteiger partial charge is 0.366 e. The van der Waals surface area contributed by atoms with E-state index in [4.69, 9.17) is 0 Å². The molecule has 5 rings (SSSR count). The third kappa shape index (κ3) is 3.91. The molecule has 0 spiro atoms. The Balaban J connectivity index is 1.26. The van der Waals surface area contributed by atoms with Gasteiger partial charge < -0.3 is 10.2 Å². The molecule has 2 fully saturated rings. The standard InChI is InChI=1S/C19H19F5N8/c20-15(21)9-32-18-14(5-27-32)25-6-16(29-18)28-12-3-10-7-31(8-11(10)4-12)17-13(19(22,23)24)1-2-26-30-17/h1-2,5-6,10-12,15H,3-4,7-9H2,(H,28,29)/t10-,11+,12+. The summed E-state index contributed by atoms with van der Waals surface area (Å²) in [5.41, 5.74) is -0.0623. The molecule has 0 bridgehead atoms. The second kappa shape index (κ2) is 7.78. The second-order valence-corrected chi connectivity index (χ2v) is 8.19. The van der Waals surface area contributed by atoms with Crippen molar-refractivity contribution < 1.29 is 22.0 Å². The van der Waals surface area contributed by atoms with Crippen molar-refractivity contribution >= 4 is 22.8 Å². The molecule has 0 unspecified atom stereocenters. The van der Waals surface area contributed by atoms with E-state index in [0.717, 1.165) is 29.8 Å². The van der Waals surface area contributed by atoms with Gasteiger partial charge in [0.1, 0.15) is 23.4 Å². The summed E-state index contributed by atoms with van der Waals surface area (Å²) in [6, 6.07) is 1.02. The Morgan fingerprint density at radius 3 is 2.56 bits per heavy atom. The lowest BCUT2D eigenvalue weighted by molar-refractivity contribution is -0.137. The van der Waals surface area contributed by atoms with Crippen LogP contribution in [0.5, 0.6) is 0 Å². The summed E-state index contributed by atoms with van der Waals surface area (Å²) in [7, 11) is 0. The molecule has 1 saturated heterocycles. The Labute approximate surface area is 178 Å². The number of hydrogen-bond donors (Lipinski definition) is 1. The van der Waals surface area contributed by atoms with Crippen LogP contribution in [0.2, 0.25) is 0 Å². The van der Waals surface area contributed by atoms with E-state index in [9.17, 15) is 22.0 Å². The minimum absolute atomic E-state index is 0.0642. The van der Waals surface area contributed by atoms with E-state index in [2.05, 4.69) is 30.6 Å². The Kier molecular flexibility index (Phi) is 5.05. The summed E-state index contributed by atoms with van der Waals surface area (Å²) in [5.74, 6) is 0.749. The summed E-state index contributed by atoms with van der Waals surface area (Å²) in [6.45, 7) is 0.375. The predicted molar refractivity (Wildman–Crippen MR) is 104 cm³/mol. The molecule has 170 valence electrons. The molecule has 3 atom stereocenters. The van der Waals surface area contributed by atoms with Gasteiger partial charge in [-0.3, -0.25) is 0 Å². The van der Waals surface area contributed by atoms with Gasteiger partial charge in [-0.2, -0.15) is 23.4 Å². The molecule has 0 amide bonds. The van der Waals surface area contributed by atoms with Gasteiger partial charge in [0.25, 0.3) is 6.43 Å². The number of hydrogen-bond acceptors (Lipinski definition) is 7. The maximum Gasteiger partial charge on any atom is 0.420 e. The van der Waals surface area contributed by atoms with E-state index in [1.165, 1.54) is 12.4 Å². The average Bonchev–Trinajstić information content (AvgIpc) is 3.41. The van der Waals surface area contributed by atoms with Gasteiger partial charge in [-0.25, -0.2) is 23.4 Å². The third-order valence-corrected chi connectivity index (χ3v) is 6.07. The van der Waals surface area contributed by atoms with Crippen molar-refractivity contribution in [2.45, 2.75) is 38.0 Å². The quantitative estimate of drug-likeness (QED) is 0.593. The van der Waals surface area contributed by atoms with Crippen molar-refractivity contribution in [2.24, 2.45) is 11.8 Å². The van der Waals surface area contributed by atoms with Crippen molar-refractivity contribution in [3.8, 4) is 0 Å². The highest BCUT2D eigenvalue weighted by atomic mass is 19.4. The van der Waals surface area contributed by atoms with E-state index in [1.807, 2.05) is 0 Å². The molecular weight excluding hydrogens is 435 g/mol. The second-order valence-electron chi connectivity index (χ2n) is 8.19. The third-order valence-electron chi connectivity index (χ3n) is 6.07. The molecular formula is C19H19F5N8. The highest BCUT2D eigenvalue weighted by molar-refractivity contribution is 5.71. The molecule has 2 aliphatic rings. The number of fused-ring (bicyclic) bond motifs is 2. The van der Waals surface area contributed by atoms with Gasteiger partial charge in [0.2, 0.25) is 0 Å². The fourth-order valence-corrected chi connectivity index (χ4v) is 4.76. The molecule has 3 aromatic rings. The zero-order valence-corrected chi connectivity index (χ0v) is 16.7. The van der Waals surface area contributed by atoms with Crippen molar-refractivity contribution in [3.05, 3.63) is 30.2 Å². The Morgan fingerprint density at radius 1 is 1.12 bits per heavy atom. The van der Waals surface area contributed by atoms with Crippen LogP contribution in [-0.2, 0) is 12.7 Å². The molecule has 8 nitrogen and oxygen atoms in total. The van der Waals surface area contributed by atoms with Crippen LogP contribution in [-0.4, -0.2) is 55.5 Å². The predicted octanol–water partition coefficient (Wildman–Crippen LogP) is 3.23. The van der Waals surface area contributed by atoms with Crippen LogP contribution in [0, 0.1) is 11.8 Å². The first-order valence-corrected chi connectivity index (χ1v) is 10.1. The lowest BCUT2D eigenvalue weighted by atomic mass is 10.0. The van der Waals surface area contributed by atoms with Crippen LogP contribution in [0.25, 0.3) is 11.2 Å². The largest absolute Gasteiger partial charge is 0.420 e. The average molecular weight is 454 g/mol. The summed E-state index contributed by atoms with van der Waals surface area (Å²) < 4.78 is 66.5. The van der Waals surface area contributed by atoms with Crippen LogP contribution >= 0.6 is 0 Å². The molecule has 1 aliphatic carbocycles. The Morgan fingerprint density at radius 2 is 1.88 bits per heavy atom. The van der Waals surface area contributed by atoms with Crippen LogP contribution < -0.4 is 10.2 Å². The van der Waals surface area contributed by atoms with E-state index < -0.39 is 24.7 Å². The van der Waals surface area contributed by atoms with Crippen LogP contribution in [0.3, 0.4) is 0 Å². The van der Waals surface area contributed by atoms with Gasteiger partial charge in [-0.15, -0.1) is 5.10 Å². The number of alkyl halides is 5. The molecule has 3 aromatic heterocycles. The SMILES string of the molecule is FC(F)Cn1ncc2ncc(N[C@H]3C[C@@H]4CN(c5nnccc5C(F)(F)F)C[C@@H]4C3)nc21. The molecule has 1 saturated carbocycles. The first kappa shape index (κ1) is 20.8. The number of halogens is 5. The minimum atomic E-state index is -4.48. The first-order chi connectivity index (χ1) is 15.3. The monoisotopic (exact) mass is 454 g/mol.